The highest BCUT2D eigenvalue weighted by molar-refractivity contribution is 6.35. The smallest absolute Gasteiger partial charge is 0.350 e. The van der Waals surface area contributed by atoms with Crippen molar-refractivity contribution in [2.45, 2.75) is 19.0 Å². The molecule has 0 saturated carbocycles. The molecule has 1 amide bonds. The topological polar surface area (TPSA) is 80.1 Å². The average molecular weight is 586 g/mol. The molecular formula is C29H30ClF2N5O4. The van der Waals surface area contributed by atoms with Gasteiger partial charge in [-0.3, -0.25) is 14.3 Å². The summed E-state index contributed by atoms with van der Waals surface area (Å²) in [5, 5.41) is 0.768. The number of anilines is 1. The van der Waals surface area contributed by atoms with Gasteiger partial charge in [0.15, 0.2) is 5.75 Å². The van der Waals surface area contributed by atoms with Crippen LogP contribution in [0.5, 0.6) is 5.75 Å². The maximum absolute atomic E-state index is 15.1. The van der Waals surface area contributed by atoms with Crippen LogP contribution in [0.2, 0.25) is 5.02 Å². The Bertz CT molecular complexity index is 1590. The van der Waals surface area contributed by atoms with Gasteiger partial charge in [0.1, 0.15) is 24.1 Å². The van der Waals surface area contributed by atoms with Crippen LogP contribution in [0.1, 0.15) is 13.0 Å². The molecule has 1 aromatic heterocycles. The van der Waals surface area contributed by atoms with Crippen LogP contribution in [0.15, 0.2) is 41.7 Å². The van der Waals surface area contributed by atoms with Crippen molar-refractivity contribution >= 4 is 34.2 Å². The second-order valence-electron chi connectivity index (χ2n) is 10.6. The van der Waals surface area contributed by atoms with E-state index in [1.54, 1.807) is 15.5 Å². The molecule has 216 valence electrons. The van der Waals surface area contributed by atoms with E-state index in [1.165, 1.54) is 12.1 Å². The predicted octanol–water partition coefficient (Wildman–Crippen LogP) is 3.48. The molecule has 4 heterocycles. The molecular weight excluding hydrogens is 556 g/mol. The van der Waals surface area contributed by atoms with Gasteiger partial charge in [-0.2, -0.15) is 4.98 Å². The lowest BCUT2D eigenvalue weighted by Crippen LogP contribution is -2.54. The minimum absolute atomic E-state index is 0.0715. The quantitative estimate of drug-likeness (QED) is 0.424. The summed E-state index contributed by atoms with van der Waals surface area (Å²) in [6, 6.07) is 4.42. The Hall–Kier alpha value is -3.54. The van der Waals surface area contributed by atoms with Crippen LogP contribution in [0.3, 0.4) is 0 Å². The van der Waals surface area contributed by atoms with Crippen molar-refractivity contribution in [3.63, 3.8) is 0 Å². The molecule has 3 aliphatic rings. The van der Waals surface area contributed by atoms with Gasteiger partial charge in [0.2, 0.25) is 5.91 Å². The number of carbonyl (C=O) groups excluding carboxylic acids is 1. The summed E-state index contributed by atoms with van der Waals surface area (Å²) in [5.41, 5.74) is 0.327. The van der Waals surface area contributed by atoms with Gasteiger partial charge in [-0.1, -0.05) is 18.2 Å². The highest BCUT2D eigenvalue weighted by Gasteiger charge is 2.35. The molecule has 0 bridgehead atoms. The molecule has 2 atom stereocenters. The standard InChI is InChI=1S/C29H30ClF2N5O4/c1-3-24(38)35-6-7-36(17(2)14-35)28-21-13-22(30)25(20-5-4-18(31)12-23(20)32)27-26(21)37(29(39)33-28)19(16-41-27)15-34-8-10-40-11-9-34/h3-5,12-13,17,19H,1,6-11,14-16H2,2H3/t17-,19-/m0/s1. The minimum atomic E-state index is -0.790. The lowest BCUT2D eigenvalue weighted by Gasteiger charge is -2.41. The summed E-state index contributed by atoms with van der Waals surface area (Å²) >= 11 is 6.81. The molecule has 0 radical (unpaired) electrons. The molecule has 2 saturated heterocycles. The predicted molar refractivity (Wildman–Crippen MR) is 152 cm³/mol. The first-order valence-corrected chi connectivity index (χ1v) is 14.0. The second-order valence-corrected chi connectivity index (χ2v) is 11.0. The van der Waals surface area contributed by atoms with E-state index in [2.05, 4.69) is 16.5 Å². The second kappa shape index (κ2) is 11.0. The van der Waals surface area contributed by atoms with E-state index in [9.17, 15) is 14.0 Å². The van der Waals surface area contributed by atoms with Crippen LogP contribution in [-0.4, -0.2) is 90.4 Å². The van der Waals surface area contributed by atoms with Gasteiger partial charge in [-0.15, -0.1) is 0 Å². The fourth-order valence-corrected chi connectivity index (χ4v) is 6.34. The van der Waals surface area contributed by atoms with E-state index in [0.717, 1.165) is 25.2 Å². The molecule has 6 rings (SSSR count). The number of piperazine rings is 1. The van der Waals surface area contributed by atoms with E-state index in [0.29, 0.717) is 56.1 Å². The third kappa shape index (κ3) is 4.96. The minimum Gasteiger partial charge on any atom is -0.488 e. The molecule has 0 spiro atoms. The molecule has 3 aromatic rings. The number of morpholine rings is 1. The lowest BCUT2D eigenvalue weighted by molar-refractivity contribution is -0.126. The number of hydrogen-bond acceptors (Lipinski definition) is 7. The molecule has 3 aliphatic heterocycles. The van der Waals surface area contributed by atoms with Gasteiger partial charge in [-0.05, 0) is 31.2 Å². The fourth-order valence-electron chi connectivity index (χ4n) is 6.04. The number of rotatable bonds is 5. The number of hydrogen-bond donors (Lipinski definition) is 0. The van der Waals surface area contributed by atoms with E-state index in [-0.39, 0.29) is 46.5 Å². The van der Waals surface area contributed by atoms with Gasteiger partial charge in [0.05, 0.1) is 29.8 Å². The Kier molecular flexibility index (Phi) is 7.43. The average Bonchev–Trinajstić information content (AvgIpc) is 2.96. The Morgan fingerprint density at radius 2 is 1.98 bits per heavy atom. The van der Waals surface area contributed by atoms with Crippen LogP contribution in [0.25, 0.3) is 22.0 Å². The number of ether oxygens (including phenoxy) is 2. The Morgan fingerprint density at radius 1 is 1.20 bits per heavy atom. The molecule has 0 aliphatic carbocycles. The molecule has 2 fully saturated rings. The van der Waals surface area contributed by atoms with Crippen LogP contribution in [0.4, 0.5) is 14.6 Å². The summed E-state index contributed by atoms with van der Waals surface area (Å²) in [5.74, 6) is -0.986. The van der Waals surface area contributed by atoms with Gasteiger partial charge in [0.25, 0.3) is 0 Å². The first kappa shape index (κ1) is 27.6. The SMILES string of the molecule is C=CC(=O)N1CCN(c2nc(=O)n3c4c(c(-c5ccc(F)cc5F)c(Cl)cc24)OC[C@@H]3CN2CCOCC2)[C@@H](C)C1. The van der Waals surface area contributed by atoms with E-state index in [1.807, 2.05) is 11.8 Å². The summed E-state index contributed by atoms with van der Waals surface area (Å²) in [6.07, 6.45) is 1.29. The molecule has 9 nitrogen and oxygen atoms in total. The highest BCUT2D eigenvalue weighted by Crippen LogP contribution is 2.47. The van der Waals surface area contributed by atoms with Crippen LogP contribution in [0, 0.1) is 11.6 Å². The fraction of sp³-hybridized carbons (Fsp3) is 0.414. The first-order valence-electron chi connectivity index (χ1n) is 13.6. The molecule has 12 heteroatoms. The highest BCUT2D eigenvalue weighted by atomic mass is 35.5. The van der Waals surface area contributed by atoms with Crippen molar-refractivity contribution in [1.82, 2.24) is 19.4 Å². The van der Waals surface area contributed by atoms with Gasteiger partial charge in [-0.25, -0.2) is 13.6 Å². The van der Waals surface area contributed by atoms with Crippen LogP contribution >= 0.6 is 11.6 Å². The number of amides is 1. The first-order chi connectivity index (χ1) is 19.8. The summed E-state index contributed by atoms with van der Waals surface area (Å²) in [4.78, 5) is 36.5. The monoisotopic (exact) mass is 585 g/mol. The van der Waals surface area contributed by atoms with Crippen LogP contribution < -0.4 is 15.3 Å². The number of aromatic nitrogens is 2. The maximum Gasteiger partial charge on any atom is 0.350 e. The zero-order valence-electron chi connectivity index (χ0n) is 22.6. The zero-order chi connectivity index (χ0) is 28.8. The van der Waals surface area contributed by atoms with Gasteiger partial charge < -0.3 is 19.3 Å². The zero-order valence-corrected chi connectivity index (χ0v) is 23.4. The van der Waals surface area contributed by atoms with Crippen molar-refractivity contribution in [2.24, 2.45) is 0 Å². The Balaban J connectivity index is 1.53. The van der Waals surface area contributed by atoms with Crippen molar-refractivity contribution in [3.05, 3.63) is 64.1 Å². The largest absolute Gasteiger partial charge is 0.488 e. The van der Waals surface area contributed by atoms with E-state index < -0.39 is 17.3 Å². The van der Waals surface area contributed by atoms with E-state index in [4.69, 9.17) is 21.1 Å². The number of carbonyl (C=O) groups is 1. The maximum atomic E-state index is 15.1. The Labute approximate surface area is 240 Å². The summed E-state index contributed by atoms with van der Waals surface area (Å²) < 4.78 is 42.3. The number of halogens is 3. The molecule has 41 heavy (non-hydrogen) atoms. The third-order valence-corrected chi connectivity index (χ3v) is 8.34. The van der Waals surface area contributed by atoms with E-state index >= 15 is 4.39 Å². The van der Waals surface area contributed by atoms with Crippen molar-refractivity contribution in [3.8, 4) is 16.9 Å². The normalized spacial score (nSPS) is 21.2. The third-order valence-electron chi connectivity index (χ3n) is 8.04. The van der Waals surface area contributed by atoms with Gasteiger partial charge in [0, 0.05) is 67.9 Å². The number of benzene rings is 2. The van der Waals surface area contributed by atoms with Crippen molar-refractivity contribution in [1.29, 1.82) is 0 Å². The Morgan fingerprint density at radius 3 is 2.68 bits per heavy atom. The summed E-state index contributed by atoms with van der Waals surface area (Å²) in [6.45, 7) is 10.2. The number of nitrogens with zero attached hydrogens (tertiary/aromatic N) is 5. The molecule has 0 N–H and O–H groups in total. The summed E-state index contributed by atoms with van der Waals surface area (Å²) in [7, 11) is 0. The molecule has 0 unspecified atom stereocenters. The molecule has 2 aromatic carbocycles. The van der Waals surface area contributed by atoms with Crippen LogP contribution in [-0.2, 0) is 9.53 Å². The lowest BCUT2D eigenvalue weighted by atomic mass is 9.99. The van der Waals surface area contributed by atoms with Crippen molar-refractivity contribution in [2.75, 3.05) is 64.0 Å². The van der Waals surface area contributed by atoms with Gasteiger partial charge >= 0.3 is 5.69 Å². The van der Waals surface area contributed by atoms with Crippen molar-refractivity contribution < 1.29 is 23.0 Å².